The molecule has 3 rings (SSSR count). The lowest BCUT2D eigenvalue weighted by molar-refractivity contribution is 0.163. The minimum atomic E-state index is 0.748. The molecular formula is C16H26N2O. The van der Waals surface area contributed by atoms with Crippen LogP contribution >= 0.6 is 0 Å². The Morgan fingerprint density at radius 2 is 2.26 bits per heavy atom. The number of rotatable bonds is 6. The van der Waals surface area contributed by atoms with Crippen LogP contribution in [0.25, 0.3) is 0 Å². The average molecular weight is 262 g/mol. The van der Waals surface area contributed by atoms with Crippen LogP contribution in [0.1, 0.15) is 50.4 Å². The molecule has 106 valence electrons. The molecule has 1 saturated heterocycles. The Hall–Kier alpha value is -0.800. The molecule has 0 radical (unpaired) electrons. The van der Waals surface area contributed by atoms with Gasteiger partial charge in [0.1, 0.15) is 5.76 Å². The number of furan rings is 1. The van der Waals surface area contributed by atoms with Crippen molar-refractivity contribution in [2.24, 2.45) is 5.92 Å². The fraction of sp³-hybridized carbons (Fsp3) is 0.750. The molecule has 1 aliphatic heterocycles. The molecule has 1 aliphatic carbocycles. The third-order valence-corrected chi connectivity index (χ3v) is 4.54. The van der Waals surface area contributed by atoms with E-state index in [9.17, 15) is 0 Å². The molecule has 0 aromatic carbocycles. The van der Waals surface area contributed by atoms with Crippen LogP contribution in [-0.2, 0) is 13.1 Å². The molecule has 2 fully saturated rings. The van der Waals surface area contributed by atoms with Gasteiger partial charge < -0.3 is 9.73 Å². The van der Waals surface area contributed by atoms with Crippen LogP contribution in [0.5, 0.6) is 0 Å². The van der Waals surface area contributed by atoms with E-state index in [1.807, 2.05) is 6.26 Å². The van der Waals surface area contributed by atoms with E-state index in [1.165, 1.54) is 50.8 Å². The third kappa shape index (κ3) is 3.61. The molecule has 3 heteroatoms. The number of piperidine rings is 1. The van der Waals surface area contributed by atoms with Gasteiger partial charge in [0, 0.05) is 24.7 Å². The fourth-order valence-corrected chi connectivity index (χ4v) is 3.06. The minimum Gasteiger partial charge on any atom is -0.468 e. The summed E-state index contributed by atoms with van der Waals surface area (Å²) in [6.07, 6.45) is 8.60. The highest BCUT2D eigenvalue weighted by Gasteiger charge is 2.23. The highest BCUT2D eigenvalue weighted by molar-refractivity contribution is 5.17. The van der Waals surface area contributed by atoms with Crippen molar-refractivity contribution in [1.82, 2.24) is 10.2 Å². The number of hydrogen-bond donors (Lipinski definition) is 1. The second-order valence-corrected chi connectivity index (χ2v) is 6.18. The van der Waals surface area contributed by atoms with E-state index in [-0.39, 0.29) is 0 Å². The first-order valence-electron chi connectivity index (χ1n) is 7.86. The van der Waals surface area contributed by atoms with Crippen molar-refractivity contribution in [2.45, 2.75) is 58.2 Å². The smallest absolute Gasteiger partial charge is 0.122 e. The lowest BCUT2D eigenvalue weighted by Gasteiger charge is -2.32. The number of nitrogens with zero attached hydrogens (tertiary/aromatic N) is 1. The second-order valence-electron chi connectivity index (χ2n) is 6.18. The predicted octanol–water partition coefficient (Wildman–Crippen LogP) is 3.15. The summed E-state index contributed by atoms with van der Waals surface area (Å²) in [6, 6.07) is 2.90. The van der Waals surface area contributed by atoms with E-state index in [4.69, 9.17) is 4.42 Å². The highest BCUT2D eigenvalue weighted by Crippen LogP contribution is 2.23. The maximum Gasteiger partial charge on any atom is 0.122 e. The van der Waals surface area contributed by atoms with E-state index in [0.717, 1.165) is 30.8 Å². The topological polar surface area (TPSA) is 28.4 Å². The Labute approximate surface area is 116 Å². The lowest BCUT2D eigenvalue weighted by atomic mass is 9.95. The Balaban J connectivity index is 1.54. The zero-order chi connectivity index (χ0) is 13.1. The van der Waals surface area contributed by atoms with Crippen LogP contribution in [0, 0.1) is 5.92 Å². The lowest BCUT2D eigenvalue weighted by Crippen LogP contribution is -2.34. The molecule has 2 aliphatic rings. The van der Waals surface area contributed by atoms with Crippen molar-refractivity contribution in [2.75, 3.05) is 13.1 Å². The molecule has 3 nitrogen and oxygen atoms in total. The molecule has 19 heavy (non-hydrogen) atoms. The van der Waals surface area contributed by atoms with Gasteiger partial charge in [-0.3, -0.25) is 4.90 Å². The standard InChI is InChI=1S/C16H26N2O/c1-2-13-4-3-8-18(11-13)12-14-7-9-19-16(14)10-17-15-5-6-15/h7,9,13,15,17H,2-6,8,10-12H2,1H3. The van der Waals surface area contributed by atoms with Gasteiger partial charge in [0.05, 0.1) is 12.8 Å². The summed E-state index contributed by atoms with van der Waals surface area (Å²) < 4.78 is 5.65. The molecule has 0 amide bonds. The van der Waals surface area contributed by atoms with Crippen molar-refractivity contribution < 1.29 is 4.42 Å². The van der Waals surface area contributed by atoms with E-state index in [0.29, 0.717) is 0 Å². The molecule has 0 bridgehead atoms. The van der Waals surface area contributed by atoms with Crippen molar-refractivity contribution in [3.8, 4) is 0 Å². The molecule has 2 heterocycles. The summed E-state index contributed by atoms with van der Waals surface area (Å²) in [5, 5.41) is 3.54. The Morgan fingerprint density at radius 3 is 3.05 bits per heavy atom. The second kappa shape index (κ2) is 6.10. The van der Waals surface area contributed by atoms with E-state index in [1.54, 1.807) is 0 Å². The molecule has 1 N–H and O–H groups in total. The SMILES string of the molecule is CCC1CCCN(Cc2ccoc2CNC2CC2)C1. The summed E-state index contributed by atoms with van der Waals surface area (Å²) in [6.45, 7) is 6.79. The van der Waals surface area contributed by atoms with Crippen LogP contribution in [-0.4, -0.2) is 24.0 Å². The minimum absolute atomic E-state index is 0.748. The number of hydrogen-bond acceptors (Lipinski definition) is 3. The summed E-state index contributed by atoms with van der Waals surface area (Å²) >= 11 is 0. The van der Waals surface area contributed by atoms with E-state index < -0.39 is 0 Å². The van der Waals surface area contributed by atoms with Gasteiger partial charge in [-0.25, -0.2) is 0 Å². The maximum absolute atomic E-state index is 5.65. The van der Waals surface area contributed by atoms with Gasteiger partial charge in [0.15, 0.2) is 0 Å². The van der Waals surface area contributed by atoms with Crippen LogP contribution in [0.15, 0.2) is 16.7 Å². The Bertz CT molecular complexity index is 397. The molecule has 1 aromatic rings. The van der Waals surface area contributed by atoms with Crippen LogP contribution in [0.3, 0.4) is 0 Å². The first-order chi connectivity index (χ1) is 9.35. The largest absolute Gasteiger partial charge is 0.468 e. The number of nitrogens with one attached hydrogen (secondary N) is 1. The van der Waals surface area contributed by atoms with Gasteiger partial charge in [0.2, 0.25) is 0 Å². The van der Waals surface area contributed by atoms with Gasteiger partial charge in [-0.15, -0.1) is 0 Å². The third-order valence-electron chi connectivity index (χ3n) is 4.54. The van der Waals surface area contributed by atoms with Gasteiger partial charge >= 0.3 is 0 Å². The molecule has 1 saturated carbocycles. The molecule has 1 atom stereocenters. The first-order valence-corrected chi connectivity index (χ1v) is 7.86. The fourth-order valence-electron chi connectivity index (χ4n) is 3.06. The van der Waals surface area contributed by atoms with Gasteiger partial charge in [-0.05, 0) is 44.2 Å². The summed E-state index contributed by atoms with van der Waals surface area (Å²) in [5.41, 5.74) is 1.38. The van der Waals surface area contributed by atoms with Gasteiger partial charge in [-0.2, -0.15) is 0 Å². The van der Waals surface area contributed by atoms with E-state index in [2.05, 4.69) is 23.2 Å². The summed E-state index contributed by atoms with van der Waals surface area (Å²) in [5.74, 6) is 2.04. The van der Waals surface area contributed by atoms with Crippen molar-refractivity contribution in [1.29, 1.82) is 0 Å². The zero-order valence-corrected chi connectivity index (χ0v) is 12.0. The maximum atomic E-state index is 5.65. The van der Waals surface area contributed by atoms with Crippen molar-refractivity contribution in [3.05, 3.63) is 23.7 Å². The highest BCUT2D eigenvalue weighted by atomic mass is 16.3. The zero-order valence-electron chi connectivity index (χ0n) is 12.0. The molecule has 0 spiro atoms. The molecule has 1 aromatic heterocycles. The van der Waals surface area contributed by atoms with Gasteiger partial charge in [0.25, 0.3) is 0 Å². The summed E-state index contributed by atoms with van der Waals surface area (Å²) in [4.78, 5) is 2.60. The number of likely N-dealkylation sites (tertiary alicyclic amines) is 1. The van der Waals surface area contributed by atoms with Crippen LogP contribution in [0.4, 0.5) is 0 Å². The average Bonchev–Trinajstić information content (AvgIpc) is 3.17. The van der Waals surface area contributed by atoms with Crippen LogP contribution in [0.2, 0.25) is 0 Å². The monoisotopic (exact) mass is 262 g/mol. The Kier molecular flexibility index (Phi) is 4.24. The normalized spacial score (nSPS) is 24.8. The van der Waals surface area contributed by atoms with Crippen molar-refractivity contribution in [3.63, 3.8) is 0 Å². The molecular weight excluding hydrogens is 236 g/mol. The van der Waals surface area contributed by atoms with Gasteiger partial charge in [-0.1, -0.05) is 13.3 Å². The van der Waals surface area contributed by atoms with Crippen molar-refractivity contribution >= 4 is 0 Å². The quantitative estimate of drug-likeness (QED) is 0.853. The van der Waals surface area contributed by atoms with Crippen LogP contribution < -0.4 is 5.32 Å². The van der Waals surface area contributed by atoms with E-state index >= 15 is 0 Å². The predicted molar refractivity (Wildman–Crippen MR) is 76.9 cm³/mol. The molecule has 1 unspecified atom stereocenters. The first kappa shape index (κ1) is 13.2. The Morgan fingerprint density at radius 1 is 1.37 bits per heavy atom. The summed E-state index contributed by atoms with van der Waals surface area (Å²) in [7, 11) is 0.